The standard InChI is InChI=1S/C16H32O14P2.2C10H24O10P2.C6H8O4.C4H9O4P.C2H6O2/c1-5-25-31(21,27-9-7-23-15(19)13(3)17)29-11-12-30-32(22,26-6-2)28-10-8-24-16(20)14(4)18;2*1-3-15-21(13,17-7-5-11)19-9-10-20-22(14,16-4-2)18-8-6-12;1-3-5(7)10-4(2)6(8)9-3;1-2-6-9(5)7-3-4-8-9;3-1-2-4/h13-14,17-18H,5-12H2,1-4H3;2*11-12H,3-10H2,1-2H3;3-4H,1-2H3;2-4H2,1H3;3-4H,1-2H2. The molecule has 0 bridgehead atoms. The molecule has 8 N–H and O–H groups in total. The maximum atomic E-state index is 12.5. The number of esters is 4. The molecule has 2 rings (SSSR count). The average Bonchev–Trinajstić information content (AvgIpc) is 1.72. The van der Waals surface area contributed by atoms with Crippen LogP contribution in [0.2, 0.25) is 0 Å². The summed E-state index contributed by atoms with van der Waals surface area (Å²) in [6, 6.07) is 0. The Labute approximate surface area is 575 Å². The number of phosphoric ester groups is 7. The highest BCUT2D eigenvalue weighted by atomic mass is 31.2. The van der Waals surface area contributed by atoms with E-state index in [0.29, 0.717) is 19.8 Å². The summed E-state index contributed by atoms with van der Waals surface area (Å²) >= 11 is 0. The van der Waals surface area contributed by atoms with Crippen LogP contribution in [-0.2, 0) is 165 Å². The Kier molecular flexibility index (Phi) is 65.5. The molecule has 0 saturated carbocycles. The summed E-state index contributed by atoms with van der Waals surface area (Å²) in [6.45, 7) is 12.5. The smallest absolute Gasteiger partial charge is 0.461 e. The molecule has 2 aliphatic rings. The van der Waals surface area contributed by atoms with E-state index >= 15 is 0 Å². The van der Waals surface area contributed by atoms with Gasteiger partial charge < -0.3 is 59.8 Å². The first-order valence-corrected chi connectivity index (χ1v) is 40.4. The number of hydrogen-bond acceptors (Lipinski definition) is 44. The van der Waals surface area contributed by atoms with Gasteiger partial charge in [-0.2, -0.15) is 0 Å². The first-order valence-electron chi connectivity index (χ1n) is 30.2. The summed E-state index contributed by atoms with van der Waals surface area (Å²) in [7, 11) is -26.4. The van der Waals surface area contributed by atoms with Gasteiger partial charge in [-0.15, -0.1) is 0 Å². The Morgan fingerprint density at radius 3 is 0.747 bits per heavy atom. The molecule has 2 aliphatic heterocycles. The van der Waals surface area contributed by atoms with Crippen molar-refractivity contribution in [2.45, 2.75) is 101 Å². The summed E-state index contributed by atoms with van der Waals surface area (Å²) in [6.07, 6.45) is -4.11. The van der Waals surface area contributed by atoms with Gasteiger partial charge in [0.2, 0.25) is 0 Å². The molecule has 594 valence electrons. The Hall–Kier alpha value is -1.67. The second-order valence-corrected chi connectivity index (χ2v) is 28.6. The van der Waals surface area contributed by atoms with Crippen molar-refractivity contribution < 1.29 is 206 Å². The molecular weight excluding hydrogens is 1500 g/mol. The molecule has 0 aliphatic carbocycles. The summed E-state index contributed by atoms with van der Waals surface area (Å²) in [4.78, 5) is 43.6. The minimum Gasteiger partial charge on any atom is -0.461 e. The number of aliphatic hydroxyl groups excluding tert-OH is 8. The fourth-order valence-corrected chi connectivity index (χ4v) is 13.1. The fourth-order valence-electron chi connectivity index (χ4n) is 5.15. The van der Waals surface area contributed by atoms with E-state index in [0.717, 1.165) is 0 Å². The van der Waals surface area contributed by atoms with Gasteiger partial charge in [0.1, 0.15) is 25.4 Å². The van der Waals surface area contributed by atoms with Crippen LogP contribution in [0.25, 0.3) is 0 Å². The molecule has 51 heteroatoms. The molecule has 0 amide bonds. The number of aliphatic hydroxyl groups is 8. The van der Waals surface area contributed by atoms with Gasteiger partial charge in [-0.25, -0.2) is 51.1 Å². The van der Waals surface area contributed by atoms with Gasteiger partial charge in [-0.05, 0) is 76.2 Å². The molecule has 10 unspecified atom stereocenters. The quantitative estimate of drug-likeness (QED) is 0.0185. The molecule has 2 fully saturated rings. The number of carbonyl (C=O) groups is 4. The van der Waals surface area contributed by atoms with Crippen LogP contribution in [0.1, 0.15) is 76.2 Å². The third-order valence-electron chi connectivity index (χ3n) is 8.89. The largest absolute Gasteiger partial charge is 0.474 e. The number of phosphoric acid groups is 7. The van der Waals surface area contributed by atoms with Crippen LogP contribution in [0.15, 0.2) is 0 Å². The van der Waals surface area contributed by atoms with Crippen LogP contribution < -0.4 is 0 Å². The monoisotopic (exact) mass is 1600 g/mol. The number of rotatable bonds is 52. The molecule has 99 heavy (non-hydrogen) atoms. The maximum absolute atomic E-state index is 12.5. The molecule has 2 saturated heterocycles. The maximum Gasteiger partial charge on any atom is 0.474 e. The lowest BCUT2D eigenvalue weighted by atomic mass is 10.3. The predicted octanol–water partition coefficient (Wildman–Crippen LogP) is 3.86. The molecule has 0 radical (unpaired) electrons. The molecule has 0 spiro atoms. The van der Waals surface area contributed by atoms with Crippen molar-refractivity contribution in [3.63, 3.8) is 0 Å². The second kappa shape index (κ2) is 62.5. The normalized spacial score (nSPS) is 19.0. The summed E-state index contributed by atoms with van der Waals surface area (Å²) in [5.41, 5.74) is 0. The van der Waals surface area contributed by atoms with Crippen molar-refractivity contribution in [3.8, 4) is 0 Å². The second-order valence-electron chi connectivity index (χ2n) is 16.9. The SMILES string of the molecule is CC1OC(=O)C(C)OC1=O.CCOP(=O)(OCCO)OCCOP(=O)(OCC)OCCO.CCOP(=O)(OCCO)OCCOP(=O)(OCC)OCCO.CCOP(=O)(OCCOC(=O)C(C)O)OCCOP(=O)(OCC)OCCOC(=O)C(C)O.CCOP1(=O)OCCO1.OCCO. The van der Waals surface area contributed by atoms with Gasteiger partial charge in [0.05, 0.1) is 178 Å². The third-order valence-corrected chi connectivity index (χ3v) is 19.9. The first-order chi connectivity index (χ1) is 46.7. The Bertz CT molecular complexity index is 2190. The molecular formula is C48H103O44P7. The van der Waals surface area contributed by atoms with Crippen molar-refractivity contribution in [1.82, 2.24) is 0 Å². The number of ether oxygens (including phenoxy) is 4. The zero-order chi connectivity index (χ0) is 76.3. The fraction of sp³-hybridized carbons (Fsp3) is 0.917. The Morgan fingerprint density at radius 2 is 0.576 bits per heavy atom. The zero-order valence-electron chi connectivity index (χ0n) is 57.2. The third kappa shape index (κ3) is 56.4. The predicted molar refractivity (Wildman–Crippen MR) is 337 cm³/mol. The molecule has 0 aromatic rings. The minimum absolute atomic E-state index is 0.0165. The number of cyclic esters (lactones) is 2. The minimum atomic E-state index is -4.03. The van der Waals surface area contributed by atoms with E-state index in [1.54, 1.807) is 48.5 Å². The number of carbonyl (C=O) groups excluding carboxylic acids is 4. The van der Waals surface area contributed by atoms with Crippen LogP contribution in [0, 0.1) is 0 Å². The van der Waals surface area contributed by atoms with Gasteiger partial charge in [0.25, 0.3) is 0 Å². The topological polar surface area (TPSA) is 580 Å². The summed E-state index contributed by atoms with van der Waals surface area (Å²) in [5, 5.41) is 67.9. The van der Waals surface area contributed by atoms with Gasteiger partial charge in [-0.1, -0.05) is 0 Å². The lowest BCUT2D eigenvalue weighted by Crippen LogP contribution is -2.40. The lowest BCUT2D eigenvalue weighted by Gasteiger charge is -2.22. The van der Waals surface area contributed by atoms with Crippen LogP contribution in [0.3, 0.4) is 0 Å². The molecule has 44 nitrogen and oxygen atoms in total. The van der Waals surface area contributed by atoms with Gasteiger partial charge in [0, 0.05) is 0 Å². The van der Waals surface area contributed by atoms with E-state index in [4.69, 9.17) is 136 Å². The lowest BCUT2D eigenvalue weighted by molar-refractivity contribution is -0.191. The van der Waals surface area contributed by atoms with Crippen molar-refractivity contribution in [1.29, 1.82) is 0 Å². The molecule has 2 heterocycles. The van der Waals surface area contributed by atoms with E-state index < -0.39 is 103 Å². The van der Waals surface area contributed by atoms with Gasteiger partial charge >= 0.3 is 78.6 Å². The van der Waals surface area contributed by atoms with E-state index in [9.17, 15) is 51.1 Å². The van der Waals surface area contributed by atoms with Crippen LogP contribution >= 0.6 is 54.8 Å². The highest BCUT2D eigenvalue weighted by Crippen LogP contribution is 2.55. The van der Waals surface area contributed by atoms with E-state index in [2.05, 4.69) is 18.9 Å². The average molecular weight is 1600 g/mol. The molecule has 0 aromatic heterocycles. The van der Waals surface area contributed by atoms with Crippen LogP contribution in [0.5, 0.6) is 0 Å². The Balaban J connectivity index is -0.000000595. The van der Waals surface area contributed by atoms with Crippen molar-refractivity contribution in [2.24, 2.45) is 0 Å². The zero-order valence-corrected chi connectivity index (χ0v) is 63.5. The van der Waals surface area contributed by atoms with Crippen molar-refractivity contribution in [3.05, 3.63) is 0 Å². The molecule has 0 aromatic carbocycles. The Morgan fingerprint density at radius 1 is 0.374 bits per heavy atom. The summed E-state index contributed by atoms with van der Waals surface area (Å²) in [5.74, 6) is -2.71. The van der Waals surface area contributed by atoms with E-state index in [-0.39, 0.29) is 172 Å². The van der Waals surface area contributed by atoms with E-state index in [1.807, 2.05) is 0 Å². The van der Waals surface area contributed by atoms with Crippen LogP contribution in [0.4, 0.5) is 0 Å². The van der Waals surface area contributed by atoms with Gasteiger partial charge in [0.15, 0.2) is 12.2 Å². The van der Waals surface area contributed by atoms with Crippen molar-refractivity contribution in [2.75, 3.05) is 192 Å². The van der Waals surface area contributed by atoms with E-state index in [1.165, 1.54) is 27.7 Å². The van der Waals surface area contributed by atoms with Crippen LogP contribution in [-0.4, -0.2) is 281 Å². The highest BCUT2D eigenvalue weighted by Gasteiger charge is 2.35. The molecule has 10 atom stereocenters. The number of hydrogen-bond donors (Lipinski definition) is 8. The first kappa shape index (κ1) is 104. The van der Waals surface area contributed by atoms with Gasteiger partial charge in [-0.3, -0.25) is 95.0 Å². The summed E-state index contributed by atoms with van der Waals surface area (Å²) < 4.78 is 205. The highest BCUT2D eigenvalue weighted by molar-refractivity contribution is 7.50. The van der Waals surface area contributed by atoms with Crippen molar-refractivity contribution >= 4 is 78.6 Å².